The largest absolute Gasteiger partial charge is 0.508 e. The highest BCUT2D eigenvalue weighted by Gasteiger charge is 2.40. The van der Waals surface area contributed by atoms with Gasteiger partial charge in [-0.15, -0.1) is 0 Å². The van der Waals surface area contributed by atoms with Gasteiger partial charge in [0, 0.05) is 17.7 Å². The Bertz CT molecular complexity index is 1150. The molecule has 10 nitrogen and oxygen atoms in total. The van der Waals surface area contributed by atoms with Crippen LogP contribution in [0.3, 0.4) is 0 Å². The molecular formula is C21H20O10. The van der Waals surface area contributed by atoms with Gasteiger partial charge < -0.3 is 44.2 Å². The number of benzene rings is 2. The molecule has 0 unspecified atom stereocenters. The van der Waals surface area contributed by atoms with Gasteiger partial charge in [-0.05, 0) is 24.3 Å². The molecule has 2 heterocycles. The van der Waals surface area contributed by atoms with Crippen molar-refractivity contribution in [2.24, 2.45) is 0 Å². The summed E-state index contributed by atoms with van der Waals surface area (Å²) in [4.78, 5) is 13.3. The summed E-state index contributed by atoms with van der Waals surface area (Å²) in [6, 6.07) is 8.34. The molecule has 10 heteroatoms. The van der Waals surface area contributed by atoms with Crippen LogP contribution in [0.4, 0.5) is 0 Å². The summed E-state index contributed by atoms with van der Waals surface area (Å²) < 4.78 is 21.8. The lowest BCUT2D eigenvalue weighted by atomic mass is 10.1. The van der Waals surface area contributed by atoms with Crippen LogP contribution in [0.25, 0.3) is 22.3 Å². The van der Waals surface area contributed by atoms with E-state index in [1.165, 1.54) is 43.5 Å². The van der Waals surface area contributed by atoms with Crippen LogP contribution in [-0.2, 0) is 4.74 Å². The first kappa shape index (κ1) is 20.9. The van der Waals surface area contributed by atoms with Crippen molar-refractivity contribution in [3.63, 3.8) is 0 Å². The molecule has 4 atom stereocenters. The lowest BCUT2D eigenvalue weighted by Gasteiger charge is -2.34. The summed E-state index contributed by atoms with van der Waals surface area (Å²) >= 11 is 0. The third kappa shape index (κ3) is 3.77. The molecule has 1 aromatic heterocycles. The molecule has 0 spiro atoms. The average Bonchev–Trinajstić information content (AvgIpc) is 2.75. The lowest BCUT2D eigenvalue weighted by Crippen LogP contribution is -2.55. The molecular weight excluding hydrogens is 412 g/mol. The van der Waals surface area contributed by atoms with Crippen molar-refractivity contribution in [1.29, 1.82) is 0 Å². The number of aliphatic hydroxyl groups is 3. The van der Waals surface area contributed by atoms with Crippen molar-refractivity contribution >= 4 is 11.0 Å². The Morgan fingerprint density at radius 1 is 1.03 bits per heavy atom. The molecule has 0 aliphatic carbocycles. The van der Waals surface area contributed by atoms with Gasteiger partial charge in [0.05, 0.1) is 13.7 Å². The fourth-order valence-electron chi connectivity index (χ4n) is 3.28. The molecule has 0 radical (unpaired) electrons. The molecule has 5 N–H and O–H groups in total. The first-order chi connectivity index (χ1) is 14.8. The first-order valence-electron chi connectivity index (χ1n) is 9.30. The second-order valence-electron chi connectivity index (χ2n) is 7.02. The van der Waals surface area contributed by atoms with Crippen LogP contribution in [0.15, 0.2) is 45.6 Å². The number of methoxy groups -OCH3 is 1. The van der Waals surface area contributed by atoms with Gasteiger partial charge in [-0.3, -0.25) is 4.79 Å². The highest BCUT2D eigenvalue weighted by molar-refractivity contribution is 5.88. The van der Waals surface area contributed by atoms with Crippen LogP contribution in [0.2, 0.25) is 0 Å². The van der Waals surface area contributed by atoms with E-state index in [0.717, 1.165) is 0 Å². The van der Waals surface area contributed by atoms with Crippen molar-refractivity contribution < 1.29 is 44.2 Å². The summed E-state index contributed by atoms with van der Waals surface area (Å²) in [5.41, 5.74) is -0.404. The standard InChI is InChI=1S/C21H20O10/c1-28-11-6-12(23)15-14(7-11)30-19(9-2-4-10(22)5-3-9)20(17(15)26)31-21-18(27)16(25)13(24)8-29-21/h2-7,13,16,18,21-25,27H,8H2,1H3/t13-,16-,18+,21-/m0/s1. The Morgan fingerprint density at radius 3 is 2.42 bits per heavy atom. The zero-order valence-corrected chi connectivity index (χ0v) is 16.3. The maximum Gasteiger partial charge on any atom is 0.239 e. The molecule has 0 saturated carbocycles. The van der Waals surface area contributed by atoms with Crippen LogP contribution in [-0.4, -0.2) is 63.9 Å². The second kappa shape index (κ2) is 8.08. The maximum atomic E-state index is 13.3. The van der Waals surface area contributed by atoms with Crippen LogP contribution in [0.5, 0.6) is 23.0 Å². The van der Waals surface area contributed by atoms with E-state index in [0.29, 0.717) is 5.56 Å². The molecule has 2 aromatic carbocycles. The zero-order chi connectivity index (χ0) is 22.3. The lowest BCUT2D eigenvalue weighted by molar-refractivity contribution is -0.242. The molecule has 31 heavy (non-hydrogen) atoms. The number of aliphatic hydroxyl groups excluding tert-OH is 3. The van der Waals surface area contributed by atoms with Gasteiger partial charge in [-0.2, -0.15) is 0 Å². The molecule has 1 aliphatic rings. The molecule has 3 aromatic rings. The number of hydrogen-bond donors (Lipinski definition) is 5. The highest BCUT2D eigenvalue weighted by Crippen LogP contribution is 2.37. The summed E-state index contributed by atoms with van der Waals surface area (Å²) in [5.74, 6) is -0.642. The van der Waals surface area contributed by atoms with Crippen molar-refractivity contribution in [3.05, 3.63) is 46.6 Å². The fraction of sp³-hybridized carbons (Fsp3) is 0.286. The second-order valence-corrected chi connectivity index (χ2v) is 7.02. The van der Waals surface area contributed by atoms with Crippen molar-refractivity contribution in [3.8, 4) is 34.3 Å². The van der Waals surface area contributed by atoms with Gasteiger partial charge in [0.1, 0.15) is 46.5 Å². The Balaban J connectivity index is 1.90. The predicted octanol–water partition coefficient (Wildman–Crippen LogP) is 0.698. The molecule has 1 aliphatic heterocycles. The fourth-order valence-corrected chi connectivity index (χ4v) is 3.28. The van der Waals surface area contributed by atoms with E-state index in [1.54, 1.807) is 0 Å². The number of fused-ring (bicyclic) bond motifs is 1. The summed E-state index contributed by atoms with van der Waals surface area (Å²) in [6.07, 6.45) is -6.03. The van der Waals surface area contributed by atoms with Gasteiger partial charge in [0.25, 0.3) is 0 Å². The van der Waals surface area contributed by atoms with E-state index in [4.69, 9.17) is 18.6 Å². The number of rotatable bonds is 4. The van der Waals surface area contributed by atoms with E-state index < -0.39 is 41.5 Å². The zero-order valence-electron chi connectivity index (χ0n) is 16.3. The minimum atomic E-state index is -1.66. The van der Waals surface area contributed by atoms with E-state index in [1.807, 2.05) is 0 Å². The Hall–Kier alpha value is -3.31. The van der Waals surface area contributed by atoms with Crippen molar-refractivity contribution in [2.75, 3.05) is 13.7 Å². The third-order valence-electron chi connectivity index (χ3n) is 4.96. The normalized spacial score (nSPS) is 23.6. The van der Waals surface area contributed by atoms with Gasteiger partial charge in [0.15, 0.2) is 5.76 Å². The Morgan fingerprint density at radius 2 is 1.74 bits per heavy atom. The van der Waals surface area contributed by atoms with E-state index in [9.17, 15) is 30.3 Å². The van der Waals surface area contributed by atoms with Crippen LogP contribution in [0.1, 0.15) is 0 Å². The Kier molecular flexibility index (Phi) is 5.46. The predicted molar refractivity (Wildman–Crippen MR) is 106 cm³/mol. The van der Waals surface area contributed by atoms with Gasteiger partial charge in [-0.25, -0.2) is 0 Å². The quantitative estimate of drug-likeness (QED) is 0.397. The Labute approximate surface area is 175 Å². The van der Waals surface area contributed by atoms with Gasteiger partial charge >= 0.3 is 0 Å². The highest BCUT2D eigenvalue weighted by atomic mass is 16.7. The monoisotopic (exact) mass is 432 g/mol. The van der Waals surface area contributed by atoms with E-state index in [2.05, 4.69) is 0 Å². The smallest absolute Gasteiger partial charge is 0.239 e. The van der Waals surface area contributed by atoms with Gasteiger partial charge in [-0.1, -0.05) is 0 Å². The summed E-state index contributed by atoms with van der Waals surface area (Å²) in [5, 5.41) is 49.5. The first-order valence-corrected chi connectivity index (χ1v) is 9.30. The number of aromatic hydroxyl groups is 2. The van der Waals surface area contributed by atoms with Crippen LogP contribution in [0, 0.1) is 0 Å². The molecule has 0 bridgehead atoms. The molecule has 164 valence electrons. The maximum absolute atomic E-state index is 13.3. The van der Waals surface area contributed by atoms with Crippen molar-refractivity contribution in [1.82, 2.24) is 0 Å². The average molecular weight is 432 g/mol. The van der Waals surface area contributed by atoms with E-state index in [-0.39, 0.29) is 34.8 Å². The van der Waals surface area contributed by atoms with E-state index >= 15 is 0 Å². The van der Waals surface area contributed by atoms with Crippen LogP contribution >= 0.6 is 0 Å². The summed E-state index contributed by atoms with van der Waals surface area (Å²) in [7, 11) is 1.39. The number of ether oxygens (including phenoxy) is 3. The minimum absolute atomic E-state index is 0.0119. The number of phenolic OH excluding ortho intramolecular Hbond substituents is 2. The van der Waals surface area contributed by atoms with Crippen LogP contribution < -0.4 is 14.9 Å². The molecule has 4 rings (SSSR count). The number of hydrogen-bond acceptors (Lipinski definition) is 10. The molecule has 1 saturated heterocycles. The molecule has 1 fully saturated rings. The SMILES string of the molecule is COc1cc(O)c2c(=O)c(O[C@@H]3OC[C@H](O)[C@H](O)[C@H]3O)c(-c3ccc(O)cc3)oc2c1. The molecule has 0 amide bonds. The number of phenols is 2. The third-order valence-corrected chi connectivity index (χ3v) is 4.96. The minimum Gasteiger partial charge on any atom is -0.508 e. The topological polar surface area (TPSA) is 159 Å². The summed E-state index contributed by atoms with van der Waals surface area (Å²) in [6.45, 7) is -0.335. The van der Waals surface area contributed by atoms with Crippen molar-refractivity contribution in [2.45, 2.75) is 24.6 Å². The van der Waals surface area contributed by atoms with Gasteiger partial charge in [0.2, 0.25) is 17.5 Å².